The molecule has 0 saturated carbocycles. The zero-order chi connectivity index (χ0) is 16.9. The monoisotopic (exact) mass is 334 g/mol. The Morgan fingerprint density at radius 1 is 1.04 bits per heavy atom. The van der Waals surface area contributed by atoms with Gasteiger partial charge in [0.25, 0.3) is 0 Å². The largest absolute Gasteiger partial charge is 0.439 e. The van der Waals surface area contributed by atoms with Crippen molar-refractivity contribution in [3.63, 3.8) is 0 Å². The van der Waals surface area contributed by atoms with Crippen molar-refractivity contribution in [2.75, 3.05) is 13.1 Å². The minimum atomic E-state index is 0.609. The second-order valence-electron chi connectivity index (χ2n) is 6.48. The Hall–Kier alpha value is -2.66. The first-order valence-electron chi connectivity index (χ1n) is 8.76. The molecule has 1 fully saturated rings. The summed E-state index contributed by atoms with van der Waals surface area (Å²) in [6, 6.07) is 16.1. The minimum Gasteiger partial charge on any atom is -0.439 e. The lowest BCUT2D eigenvalue weighted by Crippen LogP contribution is -2.32. The molecule has 1 aliphatic rings. The highest BCUT2D eigenvalue weighted by molar-refractivity contribution is 5.31. The molecule has 0 amide bonds. The number of benzene rings is 1. The third-order valence-electron chi connectivity index (χ3n) is 4.71. The van der Waals surface area contributed by atoms with E-state index in [9.17, 15) is 0 Å². The number of aromatic nitrogens is 3. The molecule has 0 radical (unpaired) electrons. The molecule has 2 aromatic heterocycles. The Morgan fingerprint density at radius 3 is 2.72 bits per heavy atom. The molecule has 128 valence electrons. The van der Waals surface area contributed by atoms with Crippen LogP contribution >= 0.6 is 0 Å². The normalized spacial score (nSPS) is 16.0. The summed E-state index contributed by atoms with van der Waals surface area (Å²) in [7, 11) is 0. The number of H-pyrrole nitrogens is 1. The van der Waals surface area contributed by atoms with Gasteiger partial charge in [-0.15, -0.1) is 0 Å². The van der Waals surface area contributed by atoms with Crippen molar-refractivity contribution < 1.29 is 4.74 Å². The van der Waals surface area contributed by atoms with Crippen molar-refractivity contribution >= 4 is 0 Å². The average molecular weight is 334 g/mol. The Morgan fingerprint density at radius 2 is 1.96 bits per heavy atom. The lowest BCUT2D eigenvalue weighted by Gasteiger charge is -2.31. The van der Waals surface area contributed by atoms with E-state index < -0.39 is 0 Å². The third-order valence-corrected chi connectivity index (χ3v) is 4.71. The second-order valence-corrected chi connectivity index (χ2v) is 6.48. The number of rotatable bonds is 5. The molecular formula is C20H22N4O. The molecule has 0 atom stereocenters. The molecule has 4 rings (SSSR count). The molecule has 3 heterocycles. The van der Waals surface area contributed by atoms with Gasteiger partial charge in [-0.25, -0.2) is 4.98 Å². The van der Waals surface area contributed by atoms with E-state index in [-0.39, 0.29) is 0 Å². The fourth-order valence-electron chi connectivity index (χ4n) is 3.39. The van der Waals surface area contributed by atoms with E-state index in [1.807, 2.05) is 36.5 Å². The minimum absolute atomic E-state index is 0.609. The highest BCUT2D eigenvalue weighted by Crippen LogP contribution is 2.27. The molecular weight excluding hydrogens is 312 g/mol. The zero-order valence-corrected chi connectivity index (χ0v) is 14.1. The number of piperidine rings is 1. The summed E-state index contributed by atoms with van der Waals surface area (Å²) >= 11 is 0. The van der Waals surface area contributed by atoms with Gasteiger partial charge in [0.2, 0.25) is 5.88 Å². The molecule has 1 aliphatic heterocycles. The van der Waals surface area contributed by atoms with Gasteiger partial charge < -0.3 is 4.74 Å². The Balaban J connectivity index is 1.35. The van der Waals surface area contributed by atoms with Crippen LogP contribution in [0.15, 0.2) is 60.9 Å². The Bertz CT molecular complexity index is 780. The topological polar surface area (TPSA) is 54.0 Å². The predicted octanol–water partition coefficient (Wildman–Crippen LogP) is 3.98. The maximum Gasteiger partial charge on any atom is 0.219 e. The molecule has 5 nitrogen and oxygen atoms in total. The molecule has 1 saturated heterocycles. The van der Waals surface area contributed by atoms with Crippen molar-refractivity contribution in [3.8, 4) is 11.6 Å². The summed E-state index contributed by atoms with van der Waals surface area (Å²) in [5.74, 6) is 2.07. The molecule has 3 aromatic rings. The lowest BCUT2D eigenvalue weighted by molar-refractivity contribution is 0.203. The van der Waals surface area contributed by atoms with Gasteiger partial charge in [0.05, 0.1) is 0 Å². The van der Waals surface area contributed by atoms with Crippen molar-refractivity contribution in [2.45, 2.75) is 25.3 Å². The van der Waals surface area contributed by atoms with Gasteiger partial charge in [-0.1, -0.05) is 18.2 Å². The van der Waals surface area contributed by atoms with Crippen molar-refractivity contribution in [3.05, 3.63) is 72.2 Å². The predicted molar refractivity (Wildman–Crippen MR) is 96.6 cm³/mol. The Kier molecular flexibility index (Phi) is 4.74. The van der Waals surface area contributed by atoms with Crippen molar-refractivity contribution in [1.82, 2.24) is 20.1 Å². The highest BCUT2D eigenvalue weighted by atomic mass is 16.5. The summed E-state index contributed by atoms with van der Waals surface area (Å²) in [5, 5.41) is 7.18. The number of aromatic amines is 1. The van der Waals surface area contributed by atoms with E-state index in [4.69, 9.17) is 4.74 Å². The Labute approximate surface area is 147 Å². The maximum absolute atomic E-state index is 5.83. The van der Waals surface area contributed by atoms with Crippen LogP contribution in [0.5, 0.6) is 11.6 Å². The summed E-state index contributed by atoms with van der Waals surface area (Å²) < 4.78 is 5.83. The van der Waals surface area contributed by atoms with E-state index in [2.05, 4.69) is 38.3 Å². The highest BCUT2D eigenvalue weighted by Gasteiger charge is 2.21. The van der Waals surface area contributed by atoms with Crippen molar-refractivity contribution in [1.29, 1.82) is 0 Å². The number of hydrogen-bond donors (Lipinski definition) is 1. The van der Waals surface area contributed by atoms with Gasteiger partial charge >= 0.3 is 0 Å². The molecule has 0 spiro atoms. The molecule has 25 heavy (non-hydrogen) atoms. The number of pyridine rings is 1. The lowest BCUT2D eigenvalue weighted by atomic mass is 9.93. The number of ether oxygens (including phenoxy) is 1. The number of nitrogens with zero attached hydrogens (tertiary/aromatic N) is 3. The average Bonchev–Trinajstić information content (AvgIpc) is 3.18. The quantitative estimate of drug-likeness (QED) is 0.767. The smallest absolute Gasteiger partial charge is 0.219 e. The van der Waals surface area contributed by atoms with Crippen LogP contribution in [0.25, 0.3) is 0 Å². The van der Waals surface area contributed by atoms with Gasteiger partial charge in [0.15, 0.2) is 0 Å². The van der Waals surface area contributed by atoms with E-state index in [0.717, 1.165) is 25.4 Å². The number of likely N-dealkylation sites (tertiary alicyclic amines) is 1. The van der Waals surface area contributed by atoms with Gasteiger partial charge in [-0.2, -0.15) is 5.10 Å². The van der Waals surface area contributed by atoms with Crippen LogP contribution in [0.3, 0.4) is 0 Å². The molecule has 0 aliphatic carbocycles. The van der Waals surface area contributed by atoms with Crippen LogP contribution in [-0.4, -0.2) is 33.2 Å². The fraction of sp³-hybridized carbons (Fsp3) is 0.300. The first-order chi connectivity index (χ1) is 12.4. The van der Waals surface area contributed by atoms with Crippen molar-refractivity contribution in [2.24, 2.45) is 0 Å². The zero-order valence-electron chi connectivity index (χ0n) is 14.1. The third kappa shape index (κ3) is 4.06. The summed E-state index contributed by atoms with van der Waals surface area (Å²) in [4.78, 5) is 6.72. The SMILES string of the molecule is c1ccc(Oc2cccc(CN3CCC(c4ccn[nH]4)CC3)c2)nc1. The number of hydrogen-bond acceptors (Lipinski definition) is 4. The first kappa shape index (κ1) is 15.8. The van der Waals surface area contributed by atoms with Crippen LogP contribution in [0.1, 0.15) is 30.0 Å². The van der Waals surface area contributed by atoms with Crippen LogP contribution in [0, 0.1) is 0 Å². The van der Waals surface area contributed by atoms with Gasteiger partial charge in [0, 0.05) is 36.6 Å². The second kappa shape index (κ2) is 7.49. The molecule has 0 bridgehead atoms. The molecule has 1 aromatic carbocycles. The molecule has 1 N–H and O–H groups in total. The summed E-state index contributed by atoms with van der Waals surface area (Å²) in [6.07, 6.45) is 5.93. The van der Waals surface area contributed by atoms with Gasteiger partial charge in [-0.05, 0) is 55.8 Å². The molecule has 5 heteroatoms. The van der Waals surface area contributed by atoms with Gasteiger partial charge in [0.1, 0.15) is 5.75 Å². The van der Waals surface area contributed by atoms with Crippen LogP contribution in [-0.2, 0) is 6.54 Å². The van der Waals surface area contributed by atoms with E-state index in [1.54, 1.807) is 6.20 Å². The number of nitrogens with one attached hydrogen (secondary N) is 1. The molecule has 0 unspecified atom stereocenters. The fourth-order valence-corrected chi connectivity index (χ4v) is 3.39. The van der Waals surface area contributed by atoms with Crippen LogP contribution in [0.2, 0.25) is 0 Å². The summed E-state index contributed by atoms with van der Waals surface area (Å²) in [6.45, 7) is 3.17. The van der Waals surface area contributed by atoms with Gasteiger partial charge in [-0.3, -0.25) is 10.00 Å². The van der Waals surface area contributed by atoms with Crippen LogP contribution < -0.4 is 4.74 Å². The van der Waals surface area contributed by atoms with E-state index >= 15 is 0 Å². The van der Waals surface area contributed by atoms with E-state index in [1.165, 1.54) is 24.1 Å². The maximum atomic E-state index is 5.83. The van der Waals surface area contributed by atoms with E-state index in [0.29, 0.717) is 11.8 Å². The summed E-state index contributed by atoms with van der Waals surface area (Å²) in [5.41, 5.74) is 2.54. The first-order valence-corrected chi connectivity index (χ1v) is 8.76. The van der Waals surface area contributed by atoms with Crippen LogP contribution in [0.4, 0.5) is 0 Å². The standard InChI is InChI=1S/C20H22N4O/c1-2-10-21-20(6-1)25-18-5-3-4-16(14-18)15-24-12-8-17(9-13-24)19-7-11-22-23-19/h1-7,10-11,14,17H,8-9,12-13,15H2,(H,22,23).